The lowest BCUT2D eigenvalue weighted by atomic mass is 10.1. The number of rotatable bonds is 7. The van der Waals surface area contributed by atoms with Gasteiger partial charge in [-0.3, -0.25) is 10.1 Å². The van der Waals surface area contributed by atoms with Gasteiger partial charge >= 0.3 is 0 Å². The second-order valence-corrected chi connectivity index (χ2v) is 4.87. The van der Waals surface area contributed by atoms with E-state index < -0.39 is 4.92 Å². The van der Waals surface area contributed by atoms with Crippen LogP contribution in [-0.4, -0.2) is 17.5 Å². The molecule has 5 heteroatoms. The third-order valence-electron chi connectivity index (χ3n) is 3.51. The number of anilines is 1. The number of nitrogens with zero attached hydrogens (tertiary/aromatic N) is 3. The van der Waals surface area contributed by atoms with Crippen molar-refractivity contribution >= 4 is 11.4 Å². The summed E-state index contributed by atoms with van der Waals surface area (Å²) in [5, 5.41) is 20.0. The molecule has 20 heavy (non-hydrogen) atoms. The second-order valence-electron chi connectivity index (χ2n) is 4.87. The molecule has 0 aromatic heterocycles. The molecule has 0 aliphatic carbocycles. The summed E-state index contributed by atoms with van der Waals surface area (Å²) in [6.07, 6.45) is 3.08. The summed E-state index contributed by atoms with van der Waals surface area (Å²) in [5.74, 6) is 0. The molecule has 0 N–H and O–H groups in total. The number of benzene rings is 1. The normalized spacial score (nSPS) is 11.7. The number of hydrogen-bond acceptors (Lipinski definition) is 4. The summed E-state index contributed by atoms with van der Waals surface area (Å²) < 4.78 is 0. The smallest absolute Gasteiger partial charge is 0.289 e. The summed E-state index contributed by atoms with van der Waals surface area (Å²) in [4.78, 5) is 12.7. The van der Waals surface area contributed by atoms with Gasteiger partial charge in [-0.2, -0.15) is 5.26 Å². The molecule has 1 rings (SSSR count). The van der Waals surface area contributed by atoms with Crippen molar-refractivity contribution in [3.8, 4) is 6.07 Å². The van der Waals surface area contributed by atoms with Crippen LogP contribution in [0.5, 0.6) is 0 Å². The van der Waals surface area contributed by atoms with E-state index in [2.05, 4.69) is 25.7 Å². The molecule has 1 aromatic rings. The Hall–Kier alpha value is -2.09. The van der Waals surface area contributed by atoms with Crippen LogP contribution in [0.4, 0.5) is 11.4 Å². The quantitative estimate of drug-likeness (QED) is 0.559. The zero-order valence-electron chi connectivity index (χ0n) is 12.3. The van der Waals surface area contributed by atoms with Crippen molar-refractivity contribution in [1.82, 2.24) is 0 Å². The Balaban J connectivity index is 3.17. The molecule has 0 heterocycles. The molecular weight excluding hydrogens is 254 g/mol. The number of nitro benzene ring substituents is 1. The molecule has 0 bridgehead atoms. The van der Waals surface area contributed by atoms with Crippen molar-refractivity contribution in [2.45, 2.75) is 46.1 Å². The van der Waals surface area contributed by atoms with Gasteiger partial charge < -0.3 is 4.90 Å². The van der Waals surface area contributed by atoms with Gasteiger partial charge in [-0.25, -0.2) is 0 Å². The van der Waals surface area contributed by atoms with Crippen LogP contribution in [0.1, 0.15) is 45.6 Å². The van der Waals surface area contributed by atoms with E-state index in [0.717, 1.165) is 31.5 Å². The molecule has 0 aliphatic heterocycles. The topological polar surface area (TPSA) is 70.2 Å². The van der Waals surface area contributed by atoms with E-state index in [1.165, 1.54) is 12.1 Å². The maximum atomic E-state index is 11.0. The third kappa shape index (κ3) is 3.70. The molecule has 0 aliphatic rings. The van der Waals surface area contributed by atoms with Crippen LogP contribution in [0.3, 0.4) is 0 Å². The number of nitriles is 1. The SMILES string of the molecule is CCCCN(c1ccc(C#N)c([N+](=O)[O-])c1)C(C)CC. The van der Waals surface area contributed by atoms with E-state index in [4.69, 9.17) is 5.26 Å². The molecule has 0 radical (unpaired) electrons. The predicted octanol–water partition coefficient (Wildman–Crippen LogP) is 3.87. The van der Waals surface area contributed by atoms with Crippen LogP contribution in [0.15, 0.2) is 18.2 Å². The van der Waals surface area contributed by atoms with Crippen LogP contribution in [0, 0.1) is 21.4 Å². The minimum Gasteiger partial charge on any atom is -0.369 e. The van der Waals surface area contributed by atoms with E-state index in [9.17, 15) is 10.1 Å². The van der Waals surface area contributed by atoms with Crippen LogP contribution in [0.25, 0.3) is 0 Å². The lowest BCUT2D eigenvalue weighted by molar-refractivity contribution is -0.385. The molecule has 1 aromatic carbocycles. The summed E-state index contributed by atoms with van der Waals surface area (Å²) in [6.45, 7) is 7.20. The first-order chi connectivity index (χ1) is 9.54. The molecule has 108 valence electrons. The Labute approximate surface area is 120 Å². The van der Waals surface area contributed by atoms with Gasteiger partial charge in [0, 0.05) is 24.3 Å². The van der Waals surface area contributed by atoms with Crippen molar-refractivity contribution in [2.75, 3.05) is 11.4 Å². The molecule has 5 nitrogen and oxygen atoms in total. The van der Waals surface area contributed by atoms with Crippen molar-refractivity contribution in [2.24, 2.45) is 0 Å². The molecule has 0 fully saturated rings. The highest BCUT2D eigenvalue weighted by atomic mass is 16.6. The predicted molar refractivity (Wildman–Crippen MR) is 79.8 cm³/mol. The van der Waals surface area contributed by atoms with Gasteiger partial charge in [0.1, 0.15) is 11.6 Å². The highest BCUT2D eigenvalue weighted by Crippen LogP contribution is 2.27. The third-order valence-corrected chi connectivity index (χ3v) is 3.51. The monoisotopic (exact) mass is 275 g/mol. The van der Waals surface area contributed by atoms with Gasteiger partial charge in [-0.15, -0.1) is 0 Å². The zero-order valence-corrected chi connectivity index (χ0v) is 12.3. The lowest BCUT2D eigenvalue weighted by Gasteiger charge is -2.30. The zero-order chi connectivity index (χ0) is 15.1. The summed E-state index contributed by atoms with van der Waals surface area (Å²) in [6, 6.07) is 7.03. The van der Waals surface area contributed by atoms with E-state index in [1.807, 2.05) is 6.07 Å². The molecule has 0 saturated heterocycles. The van der Waals surface area contributed by atoms with E-state index in [-0.39, 0.29) is 11.3 Å². The van der Waals surface area contributed by atoms with Gasteiger partial charge in [0.05, 0.1) is 4.92 Å². The van der Waals surface area contributed by atoms with E-state index in [1.54, 1.807) is 6.07 Å². The minimum absolute atomic E-state index is 0.110. The molecular formula is C15H21N3O2. The van der Waals surface area contributed by atoms with Gasteiger partial charge in [-0.05, 0) is 31.9 Å². The summed E-state index contributed by atoms with van der Waals surface area (Å²) in [7, 11) is 0. The summed E-state index contributed by atoms with van der Waals surface area (Å²) >= 11 is 0. The Bertz CT molecular complexity index is 508. The van der Waals surface area contributed by atoms with E-state index >= 15 is 0 Å². The maximum Gasteiger partial charge on any atom is 0.289 e. The fourth-order valence-corrected chi connectivity index (χ4v) is 2.10. The largest absolute Gasteiger partial charge is 0.369 e. The lowest BCUT2D eigenvalue weighted by Crippen LogP contribution is -2.33. The minimum atomic E-state index is -0.489. The van der Waals surface area contributed by atoms with Gasteiger partial charge in [-0.1, -0.05) is 20.3 Å². The molecule has 1 atom stereocenters. The number of nitro groups is 1. The highest BCUT2D eigenvalue weighted by Gasteiger charge is 2.19. The first-order valence-electron chi connectivity index (χ1n) is 7.00. The van der Waals surface area contributed by atoms with E-state index in [0.29, 0.717) is 6.04 Å². The standard InChI is InChI=1S/C15H21N3O2/c1-4-6-9-17(12(3)5-2)14-8-7-13(11-16)15(10-14)18(19)20/h7-8,10,12H,4-6,9H2,1-3H3. The van der Waals surface area contributed by atoms with Crippen LogP contribution in [0.2, 0.25) is 0 Å². The fraction of sp³-hybridized carbons (Fsp3) is 0.533. The maximum absolute atomic E-state index is 11.0. The Kier molecular flexibility index (Phi) is 5.98. The molecule has 0 amide bonds. The molecule has 0 saturated carbocycles. The summed E-state index contributed by atoms with van der Waals surface area (Å²) in [5.41, 5.74) is 0.812. The molecule has 0 spiro atoms. The Morgan fingerprint density at radius 3 is 2.65 bits per heavy atom. The van der Waals surface area contributed by atoms with Gasteiger partial charge in [0.2, 0.25) is 0 Å². The van der Waals surface area contributed by atoms with Gasteiger partial charge in [0.15, 0.2) is 0 Å². The Morgan fingerprint density at radius 1 is 1.45 bits per heavy atom. The number of unbranched alkanes of at least 4 members (excludes halogenated alkanes) is 1. The fourth-order valence-electron chi connectivity index (χ4n) is 2.10. The highest BCUT2D eigenvalue weighted by molar-refractivity contribution is 5.60. The second kappa shape index (κ2) is 7.49. The average Bonchev–Trinajstić information content (AvgIpc) is 2.46. The number of hydrogen-bond donors (Lipinski definition) is 0. The first kappa shape index (κ1) is 16.0. The van der Waals surface area contributed by atoms with Crippen LogP contribution < -0.4 is 4.90 Å². The first-order valence-corrected chi connectivity index (χ1v) is 7.00. The van der Waals surface area contributed by atoms with Crippen molar-refractivity contribution in [1.29, 1.82) is 5.26 Å². The van der Waals surface area contributed by atoms with Crippen LogP contribution >= 0.6 is 0 Å². The van der Waals surface area contributed by atoms with Crippen molar-refractivity contribution in [3.05, 3.63) is 33.9 Å². The average molecular weight is 275 g/mol. The van der Waals surface area contributed by atoms with Gasteiger partial charge in [0.25, 0.3) is 5.69 Å². The van der Waals surface area contributed by atoms with Crippen molar-refractivity contribution < 1.29 is 4.92 Å². The Morgan fingerprint density at radius 2 is 2.15 bits per heavy atom. The van der Waals surface area contributed by atoms with Crippen LogP contribution in [-0.2, 0) is 0 Å². The van der Waals surface area contributed by atoms with Crippen molar-refractivity contribution in [3.63, 3.8) is 0 Å². The molecule has 1 unspecified atom stereocenters.